The minimum absolute atomic E-state index is 0.00178. The molecule has 4 aromatic heterocycles. The van der Waals surface area contributed by atoms with Crippen molar-refractivity contribution in [3.05, 3.63) is 47.3 Å². The first kappa shape index (κ1) is 28.8. The SMILES string of the molecule is COc1cc(C(=O)N2CCC[C@@H](N)C2)cc2nc(-c3cc4ccc5nc4n3CCC3(CC3)COCCC(=O)N[C@@H]5C)c(C)n12. The summed E-state index contributed by atoms with van der Waals surface area (Å²) in [6, 6.07) is 9.62. The Morgan fingerprint density at radius 2 is 2.00 bits per heavy atom. The van der Waals surface area contributed by atoms with E-state index in [0.29, 0.717) is 49.8 Å². The zero-order valence-electron chi connectivity index (χ0n) is 25.8. The number of aryl methyl sites for hydroxylation is 2. The highest BCUT2D eigenvalue weighted by Crippen LogP contribution is 2.50. The number of carbonyl (C=O) groups excluding carboxylic acids is 2. The van der Waals surface area contributed by atoms with Crippen molar-refractivity contribution < 1.29 is 19.1 Å². The number of likely N-dealkylation sites (tertiary alicyclic amines) is 1. The van der Waals surface area contributed by atoms with Crippen LogP contribution in [0.2, 0.25) is 0 Å². The second-order valence-corrected chi connectivity index (χ2v) is 12.9. The average Bonchev–Trinajstić information content (AvgIpc) is 3.58. The van der Waals surface area contributed by atoms with E-state index >= 15 is 0 Å². The molecule has 232 valence electrons. The fourth-order valence-electron chi connectivity index (χ4n) is 6.81. The topological polar surface area (TPSA) is 129 Å². The molecule has 3 N–H and O–H groups in total. The van der Waals surface area contributed by atoms with Crippen molar-refractivity contribution in [1.82, 2.24) is 29.2 Å². The number of hydrogen-bond acceptors (Lipinski definition) is 7. The number of aromatic nitrogens is 4. The summed E-state index contributed by atoms with van der Waals surface area (Å²) < 4.78 is 16.0. The van der Waals surface area contributed by atoms with Crippen LogP contribution in [0, 0.1) is 12.3 Å². The molecule has 4 aromatic rings. The first-order chi connectivity index (χ1) is 21.2. The Morgan fingerprint density at radius 3 is 2.77 bits per heavy atom. The van der Waals surface area contributed by atoms with Gasteiger partial charge in [0, 0.05) is 49.1 Å². The van der Waals surface area contributed by atoms with Crippen LogP contribution in [0.5, 0.6) is 5.88 Å². The smallest absolute Gasteiger partial charge is 0.254 e. The lowest BCUT2D eigenvalue weighted by molar-refractivity contribution is -0.123. The molecule has 7 rings (SSSR count). The van der Waals surface area contributed by atoms with Crippen LogP contribution in [0.4, 0.5) is 0 Å². The summed E-state index contributed by atoms with van der Waals surface area (Å²) in [5.41, 5.74) is 11.9. The Balaban J connectivity index is 1.33. The van der Waals surface area contributed by atoms with Crippen LogP contribution in [-0.2, 0) is 16.1 Å². The molecule has 1 saturated heterocycles. The maximum atomic E-state index is 13.5. The molecule has 1 spiro atoms. The molecule has 0 unspecified atom stereocenters. The zero-order valence-corrected chi connectivity index (χ0v) is 25.8. The second-order valence-electron chi connectivity index (χ2n) is 12.9. The van der Waals surface area contributed by atoms with Crippen molar-refractivity contribution in [3.8, 4) is 17.3 Å². The van der Waals surface area contributed by atoms with E-state index in [0.717, 1.165) is 72.5 Å². The molecule has 2 fully saturated rings. The first-order valence-corrected chi connectivity index (χ1v) is 15.7. The molecule has 3 aliphatic rings. The molecule has 2 aliphatic heterocycles. The molecule has 6 heterocycles. The number of fused-ring (bicyclic) bond motifs is 2. The lowest BCUT2D eigenvalue weighted by atomic mass is 10.0. The second kappa shape index (κ2) is 11.2. The van der Waals surface area contributed by atoms with Crippen molar-refractivity contribution in [2.24, 2.45) is 11.1 Å². The van der Waals surface area contributed by atoms with Crippen molar-refractivity contribution in [2.45, 2.75) is 71.0 Å². The fourth-order valence-corrected chi connectivity index (χ4v) is 6.81. The highest BCUT2D eigenvalue weighted by atomic mass is 16.5. The molecule has 0 radical (unpaired) electrons. The summed E-state index contributed by atoms with van der Waals surface area (Å²) in [6.07, 6.45) is 5.36. The van der Waals surface area contributed by atoms with Gasteiger partial charge < -0.3 is 30.0 Å². The van der Waals surface area contributed by atoms with Gasteiger partial charge in [-0.25, -0.2) is 9.97 Å². The minimum Gasteiger partial charge on any atom is -0.482 e. The molecule has 11 nitrogen and oxygen atoms in total. The van der Waals surface area contributed by atoms with Crippen LogP contribution in [0.15, 0.2) is 30.3 Å². The summed E-state index contributed by atoms with van der Waals surface area (Å²) in [5.74, 6) is 0.465. The number of imidazole rings is 1. The van der Waals surface area contributed by atoms with E-state index in [1.807, 2.05) is 35.3 Å². The number of nitrogens with zero attached hydrogens (tertiary/aromatic N) is 5. The van der Waals surface area contributed by atoms with Gasteiger partial charge in [-0.3, -0.25) is 14.0 Å². The highest BCUT2D eigenvalue weighted by molar-refractivity contribution is 5.96. The standard InChI is InChI=1S/C33H41N7O4/c1-20-25-7-6-22-15-26(39(31(22)36-25)13-11-33(9-10-33)19-44-14-8-28(41)35-20)30-21(2)40-27(37-30)16-23(17-29(40)43-3)32(42)38-12-4-5-24(34)18-38/h6-7,15-17,20,24H,4-5,8-14,18-19,34H2,1-3H3,(H,35,41)/t20-,24-/m1/s1. The van der Waals surface area contributed by atoms with Crippen molar-refractivity contribution in [1.29, 1.82) is 0 Å². The third-order valence-electron chi connectivity index (χ3n) is 9.65. The minimum atomic E-state index is -0.233. The molecule has 44 heavy (non-hydrogen) atoms. The quantitative estimate of drug-likeness (QED) is 0.364. The molecule has 2 bridgehead atoms. The van der Waals surface area contributed by atoms with E-state index in [9.17, 15) is 9.59 Å². The van der Waals surface area contributed by atoms with E-state index in [2.05, 4.69) is 22.0 Å². The summed E-state index contributed by atoms with van der Waals surface area (Å²) in [5, 5.41) is 4.08. The largest absolute Gasteiger partial charge is 0.482 e. The summed E-state index contributed by atoms with van der Waals surface area (Å²) >= 11 is 0. The molecule has 1 saturated carbocycles. The molecular formula is C33H41N7O4. The Hall–Kier alpha value is -3.96. The molecule has 2 amide bonds. The van der Waals surface area contributed by atoms with Crippen LogP contribution in [0.1, 0.15) is 73.2 Å². The van der Waals surface area contributed by atoms with Crippen LogP contribution in [-0.4, -0.2) is 75.1 Å². The summed E-state index contributed by atoms with van der Waals surface area (Å²) in [6.45, 7) is 7.09. The van der Waals surface area contributed by atoms with Crippen molar-refractivity contribution in [2.75, 3.05) is 33.4 Å². The zero-order chi connectivity index (χ0) is 30.6. The van der Waals surface area contributed by atoms with Gasteiger partial charge in [-0.15, -0.1) is 0 Å². The number of rotatable bonds is 3. The number of carbonyl (C=O) groups is 2. The number of amides is 2. The fraction of sp³-hybridized carbons (Fsp3) is 0.515. The number of ether oxygens (including phenoxy) is 2. The van der Waals surface area contributed by atoms with Gasteiger partial charge in [0.2, 0.25) is 5.91 Å². The molecule has 0 aromatic carbocycles. The van der Waals surface area contributed by atoms with Gasteiger partial charge in [0.05, 0.1) is 43.4 Å². The number of hydrogen-bond donors (Lipinski definition) is 2. The van der Waals surface area contributed by atoms with Gasteiger partial charge in [0.25, 0.3) is 5.91 Å². The Bertz CT molecular complexity index is 1750. The number of piperidine rings is 1. The molecule has 11 heteroatoms. The van der Waals surface area contributed by atoms with Gasteiger partial charge >= 0.3 is 0 Å². The lowest BCUT2D eigenvalue weighted by Gasteiger charge is -2.30. The molecule has 2 atom stereocenters. The van der Waals surface area contributed by atoms with E-state index in [1.54, 1.807) is 13.2 Å². The predicted molar refractivity (Wildman–Crippen MR) is 167 cm³/mol. The van der Waals surface area contributed by atoms with Crippen LogP contribution >= 0.6 is 0 Å². The van der Waals surface area contributed by atoms with E-state index in [-0.39, 0.29) is 29.3 Å². The number of methoxy groups -OCH3 is 1. The Morgan fingerprint density at radius 1 is 1.16 bits per heavy atom. The summed E-state index contributed by atoms with van der Waals surface area (Å²) in [7, 11) is 1.62. The van der Waals surface area contributed by atoms with Crippen molar-refractivity contribution >= 4 is 28.5 Å². The Kier molecular flexibility index (Phi) is 7.32. The lowest BCUT2D eigenvalue weighted by Crippen LogP contribution is -2.45. The van der Waals surface area contributed by atoms with Gasteiger partial charge in [0.1, 0.15) is 17.0 Å². The van der Waals surface area contributed by atoms with E-state index in [4.69, 9.17) is 25.2 Å². The third kappa shape index (κ3) is 5.21. The van der Waals surface area contributed by atoms with E-state index in [1.165, 1.54) is 0 Å². The molecular weight excluding hydrogens is 558 g/mol. The van der Waals surface area contributed by atoms with Gasteiger partial charge in [-0.2, -0.15) is 0 Å². The Labute approximate surface area is 256 Å². The average molecular weight is 600 g/mol. The first-order valence-electron chi connectivity index (χ1n) is 15.7. The van der Waals surface area contributed by atoms with Gasteiger partial charge in [0.15, 0.2) is 5.88 Å². The van der Waals surface area contributed by atoms with Crippen molar-refractivity contribution in [3.63, 3.8) is 0 Å². The highest BCUT2D eigenvalue weighted by Gasteiger charge is 2.42. The number of nitrogens with two attached hydrogens (primary N) is 1. The number of pyridine rings is 2. The summed E-state index contributed by atoms with van der Waals surface area (Å²) in [4.78, 5) is 38.1. The van der Waals surface area contributed by atoms with Gasteiger partial charge in [-0.1, -0.05) is 0 Å². The molecule has 1 aliphatic carbocycles. The maximum absolute atomic E-state index is 13.5. The van der Waals surface area contributed by atoms with Gasteiger partial charge in [-0.05, 0) is 75.6 Å². The van der Waals surface area contributed by atoms with E-state index < -0.39 is 0 Å². The van der Waals surface area contributed by atoms with Crippen LogP contribution in [0.25, 0.3) is 28.1 Å². The maximum Gasteiger partial charge on any atom is 0.254 e. The monoisotopic (exact) mass is 599 g/mol. The normalized spacial score (nSPS) is 22.4. The third-order valence-corrected chi connectivity index (χ3v) is 9.65. The van der Waals surface area contributed by atoms with Crippen LogP contribution in [0.3, 0.4) is 0 Å². The van der Waals surface area contributed by atoms with Crippen LogP contribution < -0.4 is 15.8 Å². The number of nitrogens with one attached hydrogen (secondary N) is 1. The predicted octanol–water partition coefficient (Wildman–Crippen LogP) is 4.00.